The maximum Gasteiger partial charge on any atom is 0.251 e. The van der Waals surface area contributed by atoms with Gasteiger partial charge in [0.1, 0.15) is 0 Å². The highest BCUT2D eigenvalue weighted by Crippen LogP contribution is 2.26. The summed E-state index contributed by atoms with van der Waals surface area (Å²) in [5.41, 5.74) is 5.52. The van der Waals surface area contributed by atoms with Crippen molar-refractivity contribution in [2.24, 2.45) is 0 Å². The number of Topliss-reactive ketones (excluding diaryl/α,β-unsaturated/α-hetero) is 1. The third-order valence-corrected chi connectivity index (χ3v) is 5.55. The molecule has 2 aromatic carbocycles. The Kier molecular flexibility index (Phi) is 6.77. The van der Waals surface area contributed by atoms with Crippen LogP contribution in [0.15, 0.2) is 59.5 Å². The molecule has 0 aliphatic heterocycles. The molecule has 1 aromatic heterocycles. The standard InChI is InChI=1S/C24H23N3O3S/c1-14-5-6-19(11-15(14)2)21-13-31-24(26-21)27-22(29)12-16(3)23(30)25-20-9-7-18(8-10-20)17(4)28/h5-13H,1-4H3,(H,25,30)(H,26,27,29)/b16-12-. The predicted octanol–water partition coefficient (Wildman–Crippen LogP) is 5.15. The van der Waals surface area contributed by atoms with Gasteiger partial charge in [0.15, 0.2) is 10.9 Å². The van der Waals surface area contributed by atoms with Gasteiger partial charge in [-0.3, -0.25) is 19.7 Å². The smallest absolute Gasteiger partial charge is 0.251 e. The third kappa shape index (κ3) is 5.73. The minimum atomic E-state index is -0.430. The van der Waals surface area contributed by atoms with Crippen LogP contribution in [0, 0.1) is 13.8 Å². The van der Waals surface area contributed by atoms with E-state index in [1.807, 2.05) is 24.4 Å². The lowest BCUT2D eigenvalue weighted by atomic mass is 10.1. The van der Waals surface area contributed by atoms with E-state index in [9.17, 15) is 14.4 Å². The molecule has 0 atom stereocenters. The number of thiazole rings is 1. The van der Waals surface area contributed by atoms with Crippen molar-refractivity contribution in [3.63, 3.8) is 0 Å². The second kappa shape index (κ2) is 9.49. The van der Waals surface area contributed by atoms with Crippen molar-refractivity contribution in [3.05, 3.63) is 76.2 Å². The molecule has 0 saturated carbocycles. The van der Waals surface area contributed by atoms with Gasteiger partial charge in [0, 0.05) is 33.8 Å². The monoisotopic (exact) mass is 433 g/mol. The maximum absolute atomic E-state index is 12.3. The van der Waals surface area contributed by atoms with E-state index in [0.717, 1.165) is 11.3 Å². The Balaban J connectivity index is 1.62. The van der Waals surface area contributed by atoms with Gasteiger partial charge in [-0.25, -0.2) is 4.98 Å². The number of amides is 2. The molecule has 3 rings (SSSR count). The molecule has 0 spiro atoms. The number of ketones is 1. The van der Waals surface area contributed by atoms with Gasteiger partial charge in [0.2, 0.25) is 0 Å². The van der Waals surface area contributed by atoms with Crippen LogP contribution >= 0.6 is 11.3 Å². The van der Waals surface area contributed by atoms with Crippen LogP contribution < -0.4 is 10.6 Å². The normalized spacial score (nSPS) is 11.2. The topological polar surface area (TPSA) is 88.2 Å². The molecular weight excluding hydrogens is 410 g/mol. The molecule has 0 unspecified atom stereocenters. The van der Waals surface area contributed by atoms with E-state index < -0.39 is 11.8 Å². The van der Waals surface area contributed by atoms with Gasteiger partial charge in [-0.05, 0) is 69.2 Å². The molecule has 0 bridgehead atoms. The molecule has 0 saturated heterocycles. The highest BCUT2D eigenvalue weighted by molar-refractivity contribution is 7.14. The average molecular weight is 434 g/mol. The van der Waals surface area contributed by atoms with Gasteiger partial charge >= 0.3 is 0 Å². The molecular formula is C24H23N3O3S. The van der Waals surface area contributed by atoms with E-state index >= 15 is 0 Å². The van der Waals surface area contributed by atoms with Crippen molar-refractivity contribution >= 4 is 39.8 Å². The molecule has 0 radical (unpaired) electrons. The van der Waals surface area contributed by atoms with Crippen LogP contribution in [0.5, 0.6) is 0 Å². The van der Waals surface area contributed by atoms with E-state index in [2.05, 4.69) is 28.6 Å². The van der Waals surface area contributed by atoms with Crippen molar-refractivity contribution < 1.29 is 14.4 Å². The highest BCUT2D eigenvalue weighted by atomic mass is 32.1. The minimum absolute atomic E-state index is 0.0477. The van der Waals surface area contributed by atoms with E-state index in [0.29, 0.717) is 16.4 Å². The molecule has 31 heavy (non-hydrogen) atoms. The number of hydrogen-bond acceptors (Lipinski definition) is 5. The summed E-state index contributed by atoms with van der Waals surface area (Å²) in [4.78, 5) is 40.4. The van der Waals surface area contributed by atoms with Gasteiger partial charge in [0.25, 0.3) is 11.8 Å². The van der Waals surface area contributed by atoms with Gasteiger partial charge < -0.3 is 5.32 Å². The second-order valence-electron chi connectivity index (χ2n) is 7.24. The van der Waals surface area contributed by atoms with Crippen molar-refractivity contribution in [1.82, 2.24) is 4.98 Å². The van der Waals surface area contributed by atoms with Crippen molar-refractivity contribution in [3.8, 4) is 11.3 Å². The fourth-order valence-electron chi connectivity index (χ4n) is 2.79. The Labute approximate surface area is 185 Å². The fraction of sp³-hybridized carbons (Fsp3) is 0.167. The number of benzene rings is 2. The van der Waals surface area contributed by atoms with Crippen LogP contribution in [0.1, 0.15) is 35.3 Å². The summed E-state index contributed by atoms with van der Waals surface area (Å²) >= 11 is 1.32. The Hall–Kier alpha value is -3.58. The third-order valence-electron chi connectivity index (χ3n) is 4.79. The second-order valence-corrected chi connectivity index (χ2v) is 8.10. The van der Waals surface area contributed by atoms with Crippen LogP contribution in [-0.2, 0) is 9.59 Å². The van der Waals surface area contributed by atoms with E-state index in [1.165, 1.54) is 35.5 Å². The number of nitrogens with zero attached hydrogens (tertiary/aromatic N) is 1. The molecule has 0 fully saturated rings. The number of carbonyl (C=O) groups excluding carboxylic acids is 3. The zero-order valence-corrected chi connectivity index (χ0v) is 18.6. The molecule has 0 aliphatic rings. The fourth-order valence-corrected chi connectivity index (χ4v) is 3.51. The summed E-state index contributed by atoms with van der Waals surface area (Å²) in [7, 11) is 0. The molecule has 2 N–H and O–H groups in total. The Bertz CT molecular complexity index is 1180. The van der Waals surface area contributed by atoms with Crippen LogP contribution in [0.25, 0.3) is 11.3 Å². The molecule has 158 valence electrons. The summed E-state index contributed by atoms with van der Waals surface area (Å²) < 4.78 is 0. The van der Waals surface area contributed by atoms with Crippen LogP contribution in [0.3, 0.4) is 0 Å². The number of anilines is 2. The first-order chi connectivity index (χ1) is 14.7. The zero-order chi connectivity index (χ0) is 22.5. The largest absolute Gasteiger partial charge is 0.322 e. The van der Waals surface area contributed by atoms with Crippen molar-refractivity contribution in [1.29, 1.82) is 0 Å². The van der Waals surface area contributed by atoms with Crippen LogP contribution in [0.4, 0.5) is 10.8 Å². The summed E-state index contributed by atoms with van der Waals surface area (Å²) in [6.07, 6.45) is 1.23. The average Bonchev–Trinajstić information content (AvgIpc) is 3.18. The Morgan fingerprint density at radius 3 is 2.29 bits per heavy atom. The minimum Gasteiger partial charge on any atom is -0.322 e. The molecule has 1 heterocycles. The zero-order valence-electron chi connectivity index (χ0n) is 17.8. The Morgan fingerprint density at radius 2 is 1.65 bits per heavy atom. The quantitative estimate of drug-likeness (QED) is 0.415. The van der Waals surface area contributed by atoms with Crippen LogP contribution in [0.2, 0.25) is 0 Å². The lowest BCUT2D eigenvalue weighted by Crippen LogP contribution is -2.16. The van der Waals surface area contributed by atoms with Gasteiger partial charge in [-0.15, -0.1) is 11.3 Å². The van der Waals surface area contributed by atoms with Gasteiger partial charge in [-0.1, -0.05) is 12.1 Å². The molecule has 7 heteroatoms. The van der Waals surface area contributed by atoms with E-state index in [4.69, 9.17) is 0 Å². The van der Waals surface area contributed by atoms with Crippen LogP contribution in [-0.4, -0.2) is 22.6 Å². The number of aromatic nitrogens is 1. The van der Waals surface area contributed by atoms with E-state index in [1.54, 1.807) is 31.2 Å². The summed E-state index contributed by atoms with van der Waals surface area (Å²) in [5, 5.41) is 7.75. The number of aryl methyl sites for hydroxylation is 2. The highest BCUT2D eigenvalue weighted by Gasteiger charge is 2.11. The summed E-state index contributed by atoms with van der Waals surface area (Å²) in [5.74, 6) is -0.880. The number of nitrogens with one attached hydrogen (secondary N) is 2. The van der Waals surface area contributed by atoms with E-state index in [-0.39, 0.29) is 11.4 Å². The summed E-state index contributed by atoms with van der Waals surface area (Å²) in [6, 6.07) is 12.7. The lowest BCUT2D eigenvalue weighted by Gasteiger charge is -2.06. The molecule has 6 nitrogen and oxygen atoms in total. The molecule has 0 aliphatic carbocycles. The number of carbonyl (C=O) groups is 3. The first kappa shape index (κ1) is 22.1. The number of rotatable bonds is 6. The first-order valence-corrected chi connectivity index (χ1v) is 10.6. The maximum atomic E-state index is 12.3. The summed E-state index contributed by atoms with van der Waals surface area (Å²) in [6.45, 7) is 7.13. The number of hydrogen-bond donors (Lipinski definition) is 2. The van der Waals surface area contributed by atoms with Crippen molar-refractivity contribution in [2.45, 2.75) is 27.7 Å². The van der Waals surface area contributed by atoms with Gasteiger partial charge in [0.05, 0.1) is 5.69 Å². The Morgan fingerprint density at radius 1 is 0.935 bits per heavy atom. The first-order valence-electron chi connectivity index (χ1n) is 9.67. The SMILES string of the molecule is CC(=O)c1ccc(NC(=O)/C(C)=C\C(=O)Nc2nc(-c3ccc(C)c(C)c3)cs2)cc1. The van der Waals surface area contributed by atoms with Gasteiger partial charge in [-0.2, -0.15) is 0 Å². The molecule has 3 aromatic rings. The van der Waals surface area contributed by atoms with Crippen molar-refractivity contribution in [2.75, 3.05) is 10.6 Å². The lowest BCUT2D eigenvalue weighted by molar-refractivity contribution is -0.114. The predicted molar refractivity (Wildman–Crippen MR) is 124 cm³/mol. The molecule has 2 amide bonds.